The summed E-state index contributed by atoms with van der Waals surface area (Å²) in [4.78, 5) is 7.88. The largest absolute Gasteiger partial charge is 0.311 e. The molecule has 1 aromatic heterocycles. The number of hydrogen-bond acceptors (Lipinski definition) is 3. The van der Waals surface area contributed by atoms with Crippen molar-refractivity contribution >= 4 is 17.4 Å². The van der Waals surface area contributed by atoms with Crippen molar-refractivity contribution in [1.29, 1.82) is 0 Å². The molecule has 0 aliphatic carbocycles. The maximum atomic E-state index is 12.5. The van der Waals surface area contributed by atoms with Gasteiger partial charge < -0.3 is 0 Å². The lowest BCUT2D eigenvalue weighted by Gasteiger charge is -1.95. The van der Waals surface area contributed by atoms with Crippen LogP contribution in [0.1, 0.15) is 0 Å². The molecule has 8 heteroatoms. The van der Waals surface area contributed by atoms with E-state index < -0.39 is 22.9 Å². The van der Waals surface area contributed by atoms with E-state index in [0.717, 1.165) is 0 Å². The molecule has 0 radical (unpaired) electrons. The molecule has 0 spiro atoms. The van der Waals surface area contributed by atoms with Crippen molar-refractivity contribution in [1.82, 2.24) is 9.97 Å². The molecular formula is C4ClF2N5. The Morgan fingerprint density at radius 3 is 2.67 bits per heavy atom. The second-order valence-corrected chi connectivity index (χ2v) is 1.99. The first-order valence-electron chi connectivity index (χ1n) is 2.58. The summed E-state index contributed by atoms with van der Waals surface area (Å²) in [5.74, 6) is -1.82. The third-order valence-corrected chi connectivity index (χ3v) is 1.23. The molecule has 1 rings (SSSR count). The van der Waals surface area contributed by atoms with E-state index in [1.165, 1.54) is 0 Å². The van der Waals surface area contributed by atoms with E-state index in [0.29, 0.717) is 0 Å². The van der Waals surface area contributed by atoms with E-state index in [4.69, 9.17) is 17.1 Å². The minimum Gasteiger partial charge on any atom is -0.199 e. The van der Waals surface area contributed by atoms with Crippen LogP contribution in [0.15, 0.2) is 5.11 Å². The molecule has 62 valence electrons. The predicted molar refractivity (Wildman–Crippen MR) is 35.8 cm³/mol. The Morgan fingerprint density at radius 2 is 2.08 bits per heavy atom. The second kappa shape index (κ2) is 3.29. The fourth-order valence-corrected chi connectivity index (χ4v) is 0.615. The number of nitrogens with zero attached hydrogens (tertiary/aromatic N) is 5. The van der Waals surface area contributed by atoms with Crippen LogP contribution in [0.25, 0.3) is 10.4 Å². The summed E-state index contributed by atoms with van der Waals surface area (Å²) in [7, 11) is 0. The van der Waals surface area contributed by atoms with Gasteiger partial charge in [0, 0.05) is 4.91 Å². The Bertz CT molecular complexity index is 361. The maximum absolute atomic E-state index is 12.5. The number of rotatable bonds is 1. The first kappa shape index (κ1) is 8.63. The van der Waals surface area contributed by atoms with Crippen molar-refractivity contribution in [3.63, 3.8) is 0 Å². The number of azide groups is 1. The molecule has 0 aromatic carbocycles. The van der Waals surface area contributed by atoms with Gasteiger partial charge in [-0.05, 0) is 10.6 Å². The number of aromatic nitrogens is 2. The van der Waals surface area contributed by atoms with E-state index in [9.17, 15) is 8.78 Å². The summed E-state index contributed by atoms with van der Waals surface area (Å²) >= 11 is 5.21. The Kier molecular flexibility index (Phi) is 2.37. The molecule has 0 atom stereocenters. The number of halogens is 3. The van der Waals surface area contributed by atoms with Gasteiger partial charge in [-0.2, -0.15) is 18.7 Å². The van der Waals surface area contributed by atoms with Crippen LogP contribution in [0.5, 0.6) is 0 Å². The van der Waals surface area contributed by atoms with Crippen LogP contribution < -0.4 is 0 Å². The molecule has 1 aromatic rings. The van der Waals surface area contributed by atoms with Gasteiger partial charge in [-0.3, -0.25) is 0 Å². The highest BCUT2D eigenvalue weighted by Crippen LogP contribution is 2.23. The average molecular weight is 192 g/mol. The summed E-state index contributed by atoms with van der Waals surface area (Å²) in [6.07, 6.45) is -1.33. The van der Waals surface area contributed by atoms with Crippen LogP contribution in [0, 0.1) is 12.0 Å². The Balaban J connectivity index is 3.36. The first-order valence-corrected chi connectivity index (χ1v) is 2.96. The summed E-state index contributed by atoms with van der Waals surface area (Å²) in [6.45, 7) is 0. The van der Waals surface area contributed by atoms with E-state index in [-0.39, 0.29) is 0 Å². The summed E-state index contributed by atoms with van der Waals surface area (Å²) in [5, 5.41) is 2.24. The third-order valence-electron chi connectivity index (χ3n) is 0.905. The SMILES string of the molecule is [N-]=[N+]=Nc1nc(F)nc(F)c1Cl. The lowest BCUT2D eigenvalue weighted by atomic mass is 10.6. The lowest BCUT2D eigenvalue weighted by molar-refractivity contribution is 0.484. The molecular weight excluding hydrogens is 192 g/mol. The molecule has 12 heavy (non-hydrogen) atoms. The summed E-state index contributed by atoms with van der Waals surface area (Å²) in [5.41, 5.74) is 7.92. The molecule has 0 bridgehead atoms. The van der Waals surface area contributed by atoms with Gasteiger partial charge in [0.25, 0.3) is 0 Å². The third kappa shape index (κ3) is 1.58. The van der Waals surface area contributed by atoms with E-state index >= 15 is 0 Å². The molecule has 0 unspecified atom stereocenters. The fraction of sp³-hybridized carbons (Fsp3) is 0. The topological polar surface area (TPSA) is 74.5 Å². The zero-order valence-electron chi connectivity index (χ0n) is 5.37. The van der Waals surface area contributed by atoms with Gasteiger partial charge in [-0.25, -0.2) is 0 Å². The lowest BCUT2D eigenvalue weighted by Crippen LogP contribution is -1.93. The van der Waals surface area contributed by atoms with Crippen LogP contribution in [0.4, 0.5) is 14.6 Å². The van der Waals surface area contributed by atoms with Gasteiger partial charge in [-0.1, -0.05) is 11.6 Å². The molecule has 0 saturated heterocycles. The van der Waals surface area contributed by atoms with Gasteiger partial charge in [0.1, 0.15) is 5.02 Å². The van der Waals surface area contributed by atoms with Crippen LogP contribution in [0.2, 0.25) is 5.02 Å². The van der Waals surface area contributed by atoms with Crippen molar-refractivity contribution in [2.75, 3.05) is 0 Å². The zero-order chi connectivity index (χ0) is 9.14. The van der Waals surface area contributed by atoms with Gasteiger partial charge in [0.15, 0.2) is 5.82 Å². The minimum atomic E-state index is -1.33. The van der Waals surface area contributed by atoms with Gasteiger partial charge in [0.2, 0.25) is 5.95 Å². The molecule has 0 amide bonds. The van der Waals surface area contributed by atoms with Gasteiger partial charge in [0.05, 0.1) is 0 Å². The molecule has 1 heterocycles. The predicted octanol–water partition coefficient (Wildman–Crippen LogP) is 2.35. The highest BCUT2D eigenvalue weighted by molar-refractivity contribution is 6.32. The molecule has 0 fully saturated rings. The second-order valence-electron chi connectivity index (χ2n) is 1.61. The van der Waals surface area contributed by atoms with Crippen molar-refractivity contribution in [2.24, 2.45) is 5.11 Å². The number of hydrogen-bond donors (Lipinski definition) is 0. The fourth-order valence-electron chi connectivity index (χ4n) is 0.492. The monoisotopic (exact) mass is 191 g/mol. The normalized spacial score (nSPS) is 9.25. The molecule has 0 aliphatic heterocycles. The molecule has 0 saturated carbocycles. The van der Waals surface area contributed by atoms with Gasteiger partial charge >= 0.3 is 6.08 Å². The first-order chi connectivity index (χ1) is 5.65. The summed E-state index contributed by atoms with van der Waals surface area (Å²) < 4.78 is 24.7. The van der Waals surface area contributed by atoms with Crippen LogP contribution in [-0.2, 0) is 0 Å². The van der Waals surface area contributed by atoms with Crippen LogP contribution >= 0.6 is 11.6 Å². The Labute approximate surface area is 69.6 Å². The highest BCUT2D eigenvalue weighted by Gasteiger charge is 2.10. The van der Waals surface area contributed by atoms with Crippen molar-refractivity contribution in [3.8, 4) is 0 Å². The quantitative estimate of drug-likeness (QED) is 0.225. The van der Waals surface area contributed by atoms with E-state index in [2.05, 4.69) is 20.0 Å². The van der Waals surface area contributed by atoms with E-state index in [1.807, 2.05) is 0 Å². The van der Waals surface area contributed by atoms with E-state index in [1.54, 1.807) is 0 Å². The molecule has 5 nitrogen and oxygen atoms in total. The maximum Gasteiger partial charge on any atom is 0.311 e. The van der Waals surface area contributed by atoms with Crippen molar-refractivity contribution in [2.45, 2.75) is 0 Å². The molecule has 0 aliphatic rings. The molecule has 0 N–H and O–H groups in total. The van der Waals surface area contributed by atoms with Crippen molar-refractivity contribution < 1.29 is 8.78 Å². The average Bonchev–Trinajstić information content (AvgIpc) is 2.00. The van der Waals surface area contributed by atoms with Crippen LogP contribution in [0.3, 0.4) is 0 Å². The zero-order valence-corrected chi connectivity index (χ0v) is 6.13. The smallest absolute Gasteiger partial charge is 0.199 e. The standard InChI is InChI=1S/C4ClF2N5/c5-1-2(6)9-4(7)10-3(1)11-12-8. The Hall–Kier alpha value is -1.46. The van der Waals surface area contributed by atoms with Crippen LogP contribution in [-0.4, -0.2) is 9.97 Å². The van der Waals surface area contributed by atoms with Gasteiger partial charge in [-0.15, -0.1) is 0 Å². The highest BCUT2D eigenvalue weighted by atomic mass is 35.5. The van der Waals surface area contributed by atoms with Crippen molar-refractivity contribution in [3.05, 3.63) is 27.5 Å². The minimum absolute atomic E-state index is 0.566. The summed E-state index contributed by atoms with van der Waals surface area (Å²) in [6, 6.07) is 0. The Morgan fingerprint density at radius 1 is 1.42 bits per heavy atom.